The number of carbonyl (C=O) groups excluding carboxylic acids is 2. The van der Waals surface area contributed by atoms with Crippen LogP contribution in [0.25, 0.3) is 0 Å². The van der Waals surface area contributed by atoms with Gasteiger partial charge in [0, 0.05) is 13.0 Å². The summed E-state index contributed by atoms with van der Waals surface area (Å²) < 4.78 is 5.07. The fourth-order valence-electron chi connectivity index (χ4n) is 3.71. The van der Waals surface area contributed by atoms with Crippen LogP contribution in [0.4, 0.5) is 0 Å². The first-order chi connectivity index (χ1) is 10.2. The molecule has 0 N–H and O–H groups in total. The van der Waals surface area contributed by atoms with Gasteiger partial charge in [-0.15, -0.1) is 0 Å². The third kappa shape index (κ3) is 4.72. The second-order valence-electron chi connectivity index (χ2n) is 6.39. The third-order valence-corrected chi connectivity index (χ3v) is 4.86. The molecule has 0 aromatic carbocycles. The van der Waals surface area contributed by atoms with Crippen LogP contribution in [0, 0.1) is 5.92 Å². The zero-order chi connectivity index (χ0) is 15.1. The number of amides is 1. The number of esters is 1. The normalized spacial score (nSPS) is 23.3. The van der Waals surface area contributed by atoms with Gasteiger partial charge in [0.25, 0.3) is 0 Å². The molecule has 1 heterocycles. The van der Waals surface area contributed by atoms with Crippen molar-refractivity contribution in [3.63, 3.8) is 0 Å². The smallest absolute Gasteiger partial charge is 0.328 e. The number of nitrogens with zero attached hydrogens (tertiary/aromatic N) is 1. The van der Waals surface area contributed by atoms with E-state index in [0.29, 0.717) is 19.6 Å². The SMILES string of the molecule is CCOC(=O)C1CCCN1C(=O)CCCC1CCCCC1. The van der Waals surface area contributed by atoms with E-state index in [2.05, 4.69) is 0 Å². The van der Waals surface area contributed by atoms with Crippen molar-refractivity contribution in [2.45, 2.75) is 77.2 Å². The summed E-state index contributed by atoms with van der Waals surface area (Å²) in [5.74, 6) is 0.739. The van der Waals surface area contributed by atoms with Gasteiger partial charge in [0.05, 0.1) is 6.61 Å². The molecule has 4 heteroatoms. The highest BCUT2D eigenvalue weighted by atomic mass is 16.5. The molecule has 2 fully saturated rings. The summed E-state index contributed by atoms with van der Waals surface area (Å²) >= 11 is 0. The molecule has 0 bridgehead atoms. The van der Waals surface area contributed by atoms with Crippen molar-refractivity contribution in [2.24, 2.45) is 5.92 Å². The van der Waals surface area contributed by atoms with E-state index in [9.17, 15) is 9.59 Å². The molecule has 120 valence electrons. The number of likely N-dealkylation sites (tertiary alicyclic amines) is 1. The quantitative estimate of drug-likeness (QED) is 0.706. The maximum absolute atomic E-state index is 12.3. The minimum atomic E-state index is -0.327. The Morgan fingerprint density at radius 3 is 2.57 bits per heavy atom. The average molecular weight is 295 g/mol. The monoisotopic (exact) mass is 295 g/mol. The highest BCUT2D eigenvalue weighted by Crippen LogP contribution is 2.28. The first-order valence-corrected chi connectivity index (χ1v) is 8.68. The van der Waals surface area contributed by atoms with Crippen LogP contribution >= 0.6 is 0 Å². The number of hydrogen-bond donors (Lipinski definition) is 0. The molecule has 21 heavy (non-hydrogen) atoms. The van der Waals surface area contributed by atoms with E-state index in [1.54, 1.807) is 4.90 Å². The van der Waals surface area contributed by atoms with Crippen molar-refractivity contribution >= 4 is 11.9 Å². The molecular formula is C17H29NO3. The molecule has 1 unspecified atom stereocenters. The molecule has 2 aliphatic rings. The molecular weight excluding hydrogens is 266 g/mol. The van der Waals surface area contributed by atoms with E-state index in [0.717, 1.165) is 25.2 Å². The fourth-order valence-corrected chi connectivity index (χ4v) is 3.71. The highest BCUT2D eigenvalue weighted by molar-refractivity contribution is 5.85. The Bertz CT molecular complexity index is 350. The van der Waals surface area contributed by atoms with E-state index in [-0.39, 0.29) is 17.9 Å². The second kappa shape index (κ2) is 8.40. The van der Waals surface area contributed by atoms with Crippen LogP contribution in [0.15, 0.2) is 0 Å². The predicted octanol–water partition coefficient (Wildman–Crippen LogP) is 3.29. The van der Waals surface area contributed by atoms with Crippen LogP contribution in [0.3, 0.4) is 0 Å². The Morgan fingerprint density at radius 2 is 1.86 bits per heavy atom. The van der Waals surface area contributed by atoms with Crippen molar-refractivity contribution < 1.29 is 14.3 Å². The van der Waals surface area contributed by atoms with Gasteiger partial charge in [0.15, 0.2) is 0 Å². The molecule has 1 amide bonds. The van der Waals surface area contributed by atoms with Crippen molar-refractivity contribution in [2.75, 3.05) is 13.2 Å². The molecule has 0 radical (unpaired) electrons. The molecule has 4 nitrogen and oxygen atoms in total. The largest absolute Gasteiger partial charge is 0.464 e. The Kier molecular flexibility index (Phi) is 6.52. The minimum absolute atomic E-state index is 0.140. The van der Waals surface area contributed by atoms with Crippen LogP contribution in [0.1, 0.15) is 71.1 Å². The van der Waals surface area contributed by atoms with E-state index in [1.807, 2.05) is 6.92 Å². The Labute approximate surface area is 128 Å². The molecule has 1 atom stereocenters. The summed E-state index contributed by atoms with van der Waals surface area (Å²) in [4.78, 5) is 25.9. The summed E-state index contributed by atoms with van der Waals surface area (Å²) in [5.41, 5.74) is 0. The van der Waals surface area contributed by atoms with Crippen LogP contribution in [0.2, 0.25) is 0 Å². The minimum Gasteiger partial charge on any atom is -0.464 e. The lowest BCUT2D eigenvalue weighted by Gasteiger charge is -2.24. The van der Waals surface area contributed by atoms with E-state index < -0.39 is 0 Å². The zero-order valence-electron chi connectivity index (χ0n) is 13.3. The van der Waals surface area contributed by atoms with Crippen LogP contribution < -0.4 is 0 Å². The lowest BCUT2D eigenvalue weighted by Crippen LogP contribution is -2.41. The molecule has 1 saturated carbocycles. The van der Waals surface area contributed by atoms with E-state index >= 15 is 0 Å². The Hall–Kier alpha value is -1.06. The van der Waals surface area contributed by atoms with E-state index in [4.69, 9.17) is 4.74 Å². The number of ether oxygens (including phenoxy) is 1. The third-order valence-electron chi connectivity index (χ3n) is 4.86. The first-order valence-electron chi connectivity index (χ1n) is 8.68. The fraction of sp³-hybridized carbons (Fsp3) is 0.882. The summed E-state index contributed by atoms with van der Waals surface area (Å²) in [5, 5.41) is 0. The summed E-state index contributed by atoms with van der Waals surface area (Å²) in [7, 11) is 0. The first kappa shape index (κ1) is 16.3. The lowest BCUT2D eigenvalue weighted by atomic mass is 9.86. The molecule has 1 aliphatic heterocycles. The Morgan fingerprint density at radius 1 is 1.10 bits per heavy atom. The molecule has 1 saturated heterocycles. The predicted molar refractivity (Wildman–Crippen MR) is 81.8 cm³/mol. The van der Waals surface area contributed by atoms with Crippen molar-refractivity contribution in [3.05, 3.63) is 0 Å². The average Bonchev–Trinajstić information content (AvgIpc) is 2.98. The van der Waals surface area contributed by atoms with Gasteiger partial charge < -0.3 is 9.64 Å². The number of rotatable bonds is 6. The van der Waals surface area contributed by atoms with Gasteiger partial charge in [-0.2, -0.15) is 0 Å². The van der Waals surface area contributed by atoms with Gasteiger partial charge in [-0.05, 0) is 38.5 Å². The maximum Gasteiger partial charge on any atom is 0.328 e. The highest BCUT2D eigenvalue weighted by Gasteiger charge is 2.34. The van der Waals surface area contributed by atoms with Crippen LogP contribution in [-0.4, -0.2) is 36.0 Å². The number of hydrogen-bond acceptors (Lipinski definition) is 3. The summed E-state index contributed by atoms with van der Waals surface area (Å²) in [6, 6.07) is -0.327. The van der Waals surface area contributed by atoms with Gasteiger partial charge >= 0.3 is 5.97 Å². The van der Waals surface area contributed by atoms with Crippen molar-refractivity contribution in [1.29, 1.82) is 0 Å². The standard InChI is InChI=1S/C17H29NO3/c1-2-21-17(20)15-11-7-13-18(15)16(19)12-6-10-14-8-4-3-5-9-14/h14-15H,2-13H2,1H3. The summed E-state index contributed by atoms with van der Waals surface area (Å²) in [6.07, 6.45) is 11.2. The second-order valence-corrected chi connectivity index (χ2v) is 6.39. The van der Waals surface area contributed by atoms with Crippen molar-refractivity contribution in [3.8, 4) is 0 Å². The molecule has 1 aliphatic carbocycles. The van der Waals surface area contributed by atoms with Gasteiger partial charge in [0.1, 0.15) is 6.04 Å². The van der Waals surface area contributed by atoms with Crippen LogP contribution in [0.5, 0.6) is 0 Å². The zero-order valence-corrected chi connectivity index (χ0v) is 13.3. The molecule has 0 spiro atoms. The molecule has 0 aromatic rings. The summed E-state index contributed by atoms with van der Waals surface area (Å²) in [6.45, 7) is 2.91. The van der Waals surface area contributed by atoms with Crippen molar-refractivity contribution in [1.82, 2.24) is 4.90 Å². The lowest BCUT2D eigenvalue weighted by molar-refractivity contribution is -0.153. The Balaban J connectivity index is 1.72. The van der Waals surface area contributed by atoms with Gasteiger partial charge in [-0.1, -0.05) is 32.1 Å². The van der Waals surface area contributed by atoms with Gasteiger partial charge in [-0.25, -0.2) is 4.79 Å². The molecule has 0 aromatic heterocycles. The molecule has 2 rings (SSSR count). The van der Waals surface area contributed by atoms with E-state index in [1.165, 1.54) is 38.5 Å². The topological polar surface area (TPSA) is 46.6 Å². The van der Waals surface area contributed by atoms with Gasteiger partial charge in [0.2, 0.25) is 5.91 Å². The van der Waals surface area contributed by atoms with Gasteiger partial charge in [-0.3, -0.25) is 4.79 Å². The number of carbonyl (C=O) groups is 2. The maximum atomic E-state index is 12.3. The van der Waals surface area contributed by atoms with Crippen LogP contribution in [-0.2, 0) is 14.3 Å².